The molecular formula is C15H22N2O2S. The second kappa shape index (κ2) is 8.75. The van der Waals surface area contributed by atoms with Crippen molar-refractivity contribution in [1.29, 1.82) is 0 Å². The monoisotopic (exact) mass is 294 g/mol. The van der Waals surface area contributed by atoms with Crippen LogP contribution in [-0.2, 0) is 4.74 Å². The largest absolute Gasteiger partial charge is 0.383 e. The Morgan fingerprint density at radius 2 is 2.35 bits per heavy atom. The Labute approximate surface area is 124 Å². The molecule has 1 amide bonds. The fraction of sp³-hybridized carbons (Fsp3) is 0.533. The van der Waals surface area contributed by atoms with E-state index in [0.29, 0.717) is 24.6 Å². The van der Waals surface area contributed by atoms with Crippen LogP contribution in [0.15, 0.2) is 11.4 Å². The third kappa shape index (κ3) is 4.34. The van der Waals surface area contributed by atoms with E-state index in [2.05, 4.69) is 18.8 Å². The molecule has 1 aromatic rings. The van der Waals surface area contributed by atoms with Crippen LogP contribution in [0.2, 0.25) is 0 Å². The van der Waals surface area contributed by atoms with Crippen molar-refractivity contribution in [3.8, 4) is 11.8 Å². The Morgan fingerprint density at radius 3 is 2.95 bits per heavy atom. The van der Waals surface area contributed by atoms with Crippen molar-refractivity contribution >= 4 is 17.2 Å². The molecule has 110 valence electrons. The maximum atomic E-state index is 12.7. The van der Waals surface area contributed by atoms with Crippen molar-refractivity contribution < 1.29 is 9.53 Å². The van der Waals surface area contributed by atoms with Gasteiger partial charge in [0.05, 0.1) is 13.2 Å². The zero-order chi connectivity index (χ0) is 15.0. The number of amides is 1. The van der Waals surface area contributed by atoms with Gasteiger partial charge in [-0.25, -0.2) is 0 Å². The Morgan fingerprint density at radius 1 is 1.60 bits per heavy atom. The first kappa shape index (κ1) is 16.7. The average Bonchev–Trinajstić information content (AvgIpc) is 2.93. The molecule has 0 saturated carbocycles. The molecule has 1 atom stereocenters. The zero-order valence-electron chi connectivity index (χ0n) is 12.3. The van der Waals surface area contributed by atoms with Gasteiger partial charge in [-0.3, -0.25) is 4.79 Å². The summed E-state index contributed by atoms with van der Waals surface area (Å²) in [6.07, 6.45) is 0.907. The molecule has 1 rings (SSSR count). The van der Waals surface area contributed by atoms with E-state index in [9.17, 15) is 4.79 Å². The summed E-state index contributed by atoms with van der Waals surface area (Å²) < 4.78 is 5.09. The predicted molar refractivity (Wildman–Crippen MR) is 82.9 cm³/mol. The third-order valence-electron chi connectivity index (χ3n) is 3.10. The van der Waals surface area contributed by atoms with Crippen molar-refractivity contribution in [3.05, 3.63) is 21.9 Å². The summed E-state index contributed by atoms with van der Waals surface area (Å²) in [5.74, 6) is 5.78. The van der Waals surface area contributed by atoms with Gasteiger partial charge < -0.3 is 15.4 Å². The van der Waals surface area contributed by atoms with Gasteiger partial charge in [-0.1, -0.05) is 18.8 Å². The van der Waals surface area contributed by atoms with Crippen LogP contribution < -0.4 is 5.73 Å². The van der Waals surface area contributed by atoms with Crippen molar-refractivity contribution in [1.82, 2.24) is 4.90 Å². The lowest BCUT2D eigenvalue weighted by Crippen LogP contribution is -2.40. The molecular weight excluding hydrogens is 272 g/mol. The highest BCUT2D eigenvalue weighted by Crippen LogP contribution is 2.20. The highest BCUT2D eigenvalue weighted by atomic mass is 32.1. The second-order valence-corrected chi connectivity index (χ2v) is 5.33. The van der Waals surface area contributed by atoms with Gasteiger partial charge in [-0.05, 0) is 24.8 Å². The molecule has 0 spiro atoms. The van der Waals surface area contributed by atoms with E-state index in [1.54, 1.807) is 7.11 Å². The number of hydrogen-bond acceptors (Lipinski definition) is 4. The molecule has 1 aromatic heterocycles. The molecule has 0 fully saturated rings. The van der Waals surface area contributed by atoms with Gasteiger partial charge in [0.1, 0.15) is 4.88 Å². The maximum Gasteiger partial charge on any atom is 0.265 e. The van der Waals surface area contributed by atoms with Crippen molar-refractivity contribution in [3.63, 3.8) is 0 Å². The Balaban J connectivity index is 2.96. The van der Waals surface area contributed by atoms with Crippen LogP contribution in [0.3, 0.4) is 0 Å². The SMILES string of the molecule is CCC(C)N(CCOC)C(=O)c1sccc1C#CCN. The van der Waals surface area contributed by atoms with Crippen LogP contribution in [0.4, 0.5) is 0 Å². The normalized spacial score (nSPS) is 11.6. The molecule has 4 nitrogen and oxygen atoms in total. The summed E-state index contributed by atoms with van der Waals surface area (Å²) >= 11 is 1.42. The molecule has 1 heterocycles. The molecule has 2 N–H and O–H groups in total. The average molecular weight is 294 g/mol. The molecule has 20 heavy (non-hydrogen) atoms. The van der Waals surface area contributed by atoms with Crippen LogP contribution in [0.25, 0.3) is 0 Å². The minimum Gasteiger partial charge on any atom is -0.383 e. The van der Waals surface area contributed by atoms with Crippen LogP contribution in [0.5, 0.6) is 0 Å². The summed E-state index contributed by atoms with van der Waals surface area (Å²) in [5, 5.41) is 1.89. The molecule has 0 saturated heterocycles. The molecule has 0 aliphatic heterocycles. The van der Waals surface area contributed by atoms with Crippen molar-refractivity contribution in [2.45, 2.75) is 26.3 Å². The van der Waals surface area contributed by atoms with E-state index in [0.717, 1.165) is 12.0 Å². The van der Waals surface area contributed by atoms with E-state index in [1.165, 1.54) is 11.3 Å². The van der Waals surface area contributed by atoms with Gasteiger partial charge in [0.25, 0.3) is 5.91 Å². The maximum absolute atomic E-state index is 12.7. The first-order chi connectivity index (χ1) is 9.65. The highest BCUT2D eigenvalue weighted by molar-refractivity contribution is 7.12. The molecule has 5 heteroatoms. The summed E-state index contributed by atoms with van der Waals surface area (Å²) in [6, 6.07) is 2.04. The molecule has 0 radical (unpaired) electrons. The Bertz CT molecular complexity index is 488. The van der Waals surface area contributed by atoms with E-state index in [-0.39, 0.29) is 11.9 Å². The van der Waals surface area contributed by atoms with Gasteiger partial charge in [-0.2, -0.15) is 0 Å². The standard InChI is InChI=1S/C15H22N2O2S/c1-4-12(2)17(9-10-19-3)15(18)14-13(6-5-8-16)7-11-20-14/h7,11-12H,4,8-10,16H2,1-3H3. The Kier molecular flexibility index (Phi) is 7.31. The summed E-state index contributed by atoms with van der Waals surface area (Å²) in [7, 11) is 1.64. The lowest BCUT2D eigenvalue weighted by molar-refractivity contribution is 0.0618. The van der Waals surface area contributed by atoms with Crippen LogP contribution >= 0.6 is 11.3 Å². The molecule has 0 aliphatic rings. The number of nitrogens with two attached hydrogens (primary N) is 1. The number of methoxy groups -OCH3 is 1. The topological polar surface area (TPSA) is 55.6 Å². The molecule has 1 unspecified atom stereocenters. The van der Waals surface area contributed by atoms with Crippen LogP contribution in [-0.4, -0.2) is 43.7 Å². The van der Waals surface area contributed by atoms with E-state index in [4.69, 9.17) is 10.5 Å². The number of hydrogen-bond donors (Lipinski definition) is 1. The number of carbonyl (C=O) groups is 1. The quantitative estimate of drug-likeness (QED) is 0.816. The van der Waals surface area contributed by atoms with Gasteiger partial charge in [0.2, 0.25) is 0 Å². The number of rotatable bonds is 6. The smallest absolute Gasteiger partial charge is 0.265 e. The number of nitrogens with zero attached hydrogens (tertiary/aromatic N) is 1. The van der Waals surface area contributed by atoms with E-state index >= 15 is 0 Å². The molecule has 0 bridgehead atoms. The van der Waals surface area contributed by atoms with E-state index < -0.39 is 0 Å². The highest BCUT2D eigenvalue weighted by Gasteiger charge is 2.23. The fourth-order valence-electron chi connectivity index (χ4n) is 1.78. The van der Waals surface area contributed by atoms with Gasteiger partial charge in [-0.15, -0.1) is 11.3 Å². The summed E-state index contributed by atoms with van der Waals surface area (Å²) in [6.45, 7) is 5.53. The van der Waals surface area contributed by atoms with Crippen LogP contribution in [0, 0.1) is 11.8 Å². The summed E-state index contributed by atoms with van der Waals surface area (Å²) in [5.41, 5.74) is 6.14. The van der Waals surface area contributed by atoms with E-state index in [1.807, 2.05) is 23.3 Å². The number of ether oxygens (including phenoxy) is 1. The first-order valence-electron chi connectivity index (χ1n) is 6.72. The third-order valence-corrected chi connectivity index (χ3v) is 4.01. The first-order valence-corrected chi connectivity index (χ1v) is 7.60. The van der Waals surface area contributed by atoms with Gasteiger partial charge in [0, 0.05) is 25.3 Å². The van der Waals surface area contributed by atoms with Crippen LogP contribution in [0.1, 0.15) is 35.5 Å². The van der Waals surface area contributed by atoms with Crippen molar-refractivity contribution in [2.75, 3.05) is 26.8 Å². The molecule has 0 aliphatic carbocycles. The minimum absolute atomic E-state index is 0.0210. The number of thiophene rings is 1. The lowest BCUT2D eigenvalue weighted by Gasteiger charge is -2.28. The zero-order valence-corrected chi connectivity index (χ0v) is 13.1. The lowest BCUT2D eigenvalue weighted by atomic mass is 10.2. The molecule has 0 aromatic carbocycles. The summed E-state index contributed by atoms with van der Waals surface area (Å²) in [4.78, 5) is 15.2. The number of carbonyl (C=O) groups excluding carboxylic acids is 1. The van der Waals surface area contributed by atoms with Gasteiger partial charge in [0.15, 0.2) is 0 Å². The van der Waals surface area contributed by atoms with Gasteiger partial charge >= 0.3 is 0 Å². The fourth-order valence-corrected chi connectivity index (χ4v) is 2.59. The minimum atomic E-state index is 0.0210. The van der Waals surface area contributed by atoms with Crippen molar-refractivity contribution in [2.24, 2.45) is 5.73 Å². The Hall–Kier alpha value is -1.35. The predicted octanol–water partition coefficient (Wildman–Crippen LogP) is 1.95. The second-order valence-electron chi connectivity index (χ2n) is 4.42.